The summed E-state index contributed by atoms with van der Waals surface area (Å²) in [5.74, 6) is -0.398. The molecule has 1 aliphatic rings. The van der Waals surface area contributed by atoms with E-state index in [0.29, 0.717) is 23.6 Å². The van der Waals surface area contributed by atoms with Crippen LogP contribution in [0.4, 0.5) is 0 Å². The third-order valence-corrected chi connectivity index (χ3v) is 6.37. The Balaban J connectivity index is 1.61. The lowest BCUT2D eigenvalue weighted by atomic mass is 9.95. The van der Waals surface area contributed by atoms with E-state index in [4.69, 9.17) is 17.3 Å². The Hall–Kier alpha value is -2.37. The minimum absolute atomic E-state index is 0.00569. The van der Waals surface area contributed by atoms with Crippen molar-refractivity contribution in [1.29, 1.82) is 0 Å². The summed E-state index contributed by atoms with van der Waals surface area (Å²) >= 11 is 6.34. The molecule has 2 aromatic rings. The number of amides is 2. The van der Waals surface area contributed by atoms with E-state index in [2.05, 4.69) is 29.3 Å². The zero-order chi connectivity index (χ0) is 21.2. The van der Waals surface area contributed by atoms with Crippen molar-refractivity contribution in [2.45, 2.75) is 31.2 Å². The third-order valence-electron chi connectivity index (χ3n) is 6.02. The average molecular weight is 414 g/mol. The lowest BCUT2D eigenvalue weighted by molar-refractivity contribution is -0.122. The molecule has 0 heterocycles. The Kier molecular flexibility index (Phi) is 6.30. The summed E-state index contributed by atoms with van der Waals surface area (Å²) in [6, 6.07) is 15.4. The van der Waals surface area contributed by atoms with Gasteiger partial charge in [0.15, 0.2) is 0 Å². The van der Waals surface area contributed by atoms with E-state index in [0.717, 1.165) is 12.0 Å². The lowest BCUT2D eigenvalue weighted by Gasteiger charge is -2.25. The molecule has 1 fully saturated rings. The molecule has 5 nitrogen and oxygen atoms in total. The van der Waals surface area contributed by atoms with Gasteiger partial charge in [-0.2, -0.15) is 0 Å². The van der Waals surface area contributed by atoms with Gasteiger partial charge in [-0.3, -0.25) is 9.59 Å². The van der Waals surface area contributed by atoms with Crippen LogP contribution in [0.1, 0.15) is 34.8 Å². The molecule has 3 atom stereocenters. The molecule has 0 bridgehead atoms. The number of primary amides is 1. The monoisotopic (exact) mass is 413 g/mol. The summed E-state index contributed by atoms with van der Waals surface area (Å²) < 4.78 is 0. The Morgan fingerprint density at radius 1 is 1.24 bits per heavy atom. The van der Waals surface area contributed by atoms with Crippen LogP contribution in [0.5, 0.6) is 0 Å². The molecule has 0 spiro atoms. The van der Waals surface area contributed by atoms with Crippen molar-refractivity contribution in [2.75, 3.05) is 20.6 Å². The highest BCUT2D eigenvalue weighted by atomic mass is 35.5. The second-order valence-corrected chi connectivity index (χ2v) is 8.68. The SMILES string of the molecule is CN(C)C(CNC(=O)[C@@H]1C[C@]1(C)c1ccccc1)Cc1ccc(C(N)=O)cc1Cl. The highest BCUT2D eigenvalue weighted by molar-refractivity contribution is 6.31. The van der Waals surface area contributed by atoms with Crippen molar-refractivity contribution in [3.8, 4) is 0 Å². The van der Waals surface area contributed by atoms with Crippen molar-refractivity contribution in [1.82, 2.24) is 10.2 Å². The number of likely N-dealkylation sites (N-methyl/N-ethyl adjacent to an activating group) is 1. The Labute approximate surface area is 177 Å². The summed E-state index contributed by atoms with van der Waals surface area (Å²) in [7, 11) is 3.96. The minimum Gasteiger partial charge on any atom is -0.366 e. The Morgan fingerprint density at radius 2 is 1.93 bits per heavy atom. The van der Waals surface area contributed by atoms with Crippen LogP contribution >= 0.6 is 11.6 Å². The van der Waals surface area contributed by atoms with Gasteiger partial charge < -0.3 is 16.0 Å². The quantitative estimate of drug-likeness (QED) is 0.698. The zero-order valence-electron chi connectivity index (χ0n) is 17.1. The molecule has 2 aromatic carbocycles. The van der Waals surface area contributed by atoms with E-state index >= 15 is 0 Å². The van der Waals surface area contributed by atoms with Crippen LogP contribution in [-0.4, -0.2) is 43.4 Å². The maximum atomic E-state index is 12.8. The van der Waals surface area contributed by atoms with Gasteiger partial charge >= 0.3 is 0 Å². The molecular formula is C23H28ClN3O2. The molecule has 154 valence electrons. The van der Waals surface area contributed by atoms with E-state index in [-0.39, 0.29) is 23.3 Å². The number of hydrogen-bond donors (Lipinski definition) is 2. The molecule has 1 unspecified atom stereocenters. The van der Waals surface area contributed by atoms with Gasteiger partial charge in [-0.1, -0.05) is 54.9 Å². The molecule has 1 saturated carbocycles. The topological polar surface area (TPSA) is 75.4 Å². The van der Waals surface area contributed by atoms with E-state index in [9.17, 15) is 9.59 Å². The predicted molar refractivity (Wildman–Crippen MR) is 116 cm³/mol. The van der Waals surface area contributed by atoms with E-state index in [1.807, 2.05) is 38.4 Å². The molecule has 3 N–H and O–H groups in total. The minimum atomic E-state index is -0.499. The van der Waals surface area contributed by atoms with Gasteiger partial charge in [0.25, 0.3) is 0 Å². The second-order valence-electron chi connectivity index (χ2n) is 8.28. The molecule has 0 saturated heterocycles. The van der Waals surface area contributed by atoms with Gasteiger partial charge in [-0.05, 0) is 50.2 Å². The summed E-state index contributed by atoms with van der Waals surface area (Å²) in [5.41, 5.74) is 7.76. The van der Waals surface area contributed by atoms with Gasteiger partial charge in [0.1, 0.15) is 0 Å². The summed E-state index contributed by atoms with van der Waals surface area (Å²) in [5, 5.41) is 3.63. The maximum Gasteiger partial charge on any atom is 0.248 e. The number of rotatable bonds is 8. The van der Waals surface area contributed by atoms with Crippen LogP contribution in [0.15, 0.2) is 48.5 Å². The van der Waals surface area contributed by atoms with Crippen LogP contribution < -0.4 is 11.1 Å². The van der Waals surface area contributed by atoms with Crippen LogP contribution in [0.25, 0.3) is 0 Å². The molecule has 2 amide bonds. The first-order valence-electron chi connectivity index (χ1n) is 9.80. The number of carbonyl (C=O) groups excluding carboxylic acids is 2. The fraction of sp³-hybridized carbons (Fsp3) is 0.391. The molecule has 3 rings (SSSR count). The number of halogens is 1. The average Bonchev–Trinajstić information content (AvgIpc) is 3.39. The van der Waals surface area contributed by atoms with E-state index < -0.39 is 5.91 Å². The molecule has 0 aromatic heterocycles. The first-order valence-corrected chi connectivity index (χ1v) is 10.2. The third kappa shape index (κ3) is 4.80. The fourth-order valence-corrected chi connectivity index (χ4v) is 4.04. The van der Waals surface area contributed by atoms with Crippen LogP contribution in [-0.2, 0) is 16.6 Å². The number of nitrogens with one attached hydrogen (secondary N) is 1. The standard InChI is InChI=1S/C23H28ClN3O2/c1-23(17-7-5-4-6-8-17)13-19(23)22(29)26-14-18(27(2)3)11-15-9-10-16(21(25)28)12-20(15)24/h4-10,12,18-19H,11,13-14H2,1-3H3,(H2,25,28)(H,26,29)/t18?,19-,23+/m0/s1. The second kappa shape index (κ2) is 8.56. The van der Waals surface area contributed by atoms with Gasteiger partial charge in [0.2, 0.25) is 11.8 Å². The number of nitrogens with zero attached hydrogens (tertiary/aromatic N) is 1. The number of benzene rings is 2. The fourth-order valence-electron chi connectivity index (χ4n) is 3.78. The molecule has 0 aliphatic heterocycles. The highest BCUT2D eigenvalue weighted by Gasteiger charge is 2.55. The molecular weight excluding hydrogens is 386 g/mol. The predicted octanol–water partition coefficient (Wildman–Crippen LogP) is 3.01. The van der Waals surface area contributed by atoms with E-state index in [1.54, 1.807) is 12.1 Å². The number of carbonyl (C=O) groups is 2. The largest absolute Gasteiger partial charge is 0.366 e. The molecule has 1 aliphatic carbocycles. The number of nitrogens with two attached hydrogens (primary N) is 1. The van der Waals surface area contributed by atoms with Crippen molar-refractivity contribution in [3.05, 3.63) is 70.2 Å². The first-order chi connectivity index (χ1) is 13.7. The van der Waals surface area contributed by atoms with Crippen LogP contribution in [0, 0.1) is 5.92 Å². The molecule has 29 heavy (non-hydrogen) atoms. The summed E-state index contributed by atoms with van der Waals surface area (Å²) in [6.07, 6.45) is 1.53. The molecule has 6 heteroatoms. The van der Waals surface area contributed by atoms with Gasteiger partial charge in [0, 0.05) is 34.5 Å². The number of hydrogen-bond acceptors (Lipinski definition) is 3. The molecule has 0 radical (unpaired) electrons. The maximum absolute atomic E-state index is 12.8. The lowest BCUT2D eigenvalue weighted by Crippen LogP contribution is -2.42. The van der Waals surface area contributed by atoms with E-state index in [1.165, 1.54) is 5.56 Å². The van der Waals surface area contributed by atoms with Gasteiger partial charge in [-0.25, -0.2) is 0 Å². The van der Waals surface area contributed by atoms with Gasteiger partial charge in [0.05, 0.1) is 0 Å². The van der Waals surface area contributed by atoms with Crippen molar-refractivity contribution < 1.29 is 9.59 Å². The van der Waals surface area contributed by atoms with Crippen molar-refractivity contribution in [3.63, 3.8) is 0 Å². The van der Waals surface area contributed by atoms with Crippen LogP contribution in [0.2, 0.25) is 5.02 Å². The Morgan fingerprint density at radius 3 is 2.52 bits per heavy atom. The van der Waals surface area contributed by atoms with Crippen molar-refractivity contribution >= 4 is 23.4 Å². The highest BCUT2D eigenvalue weighted by Crippen LogP contribution is 2.53. The Bertz CT molecular complexity index is 900. The van der Waals surface area contributed by atoms with Crippen LogP contribution in [0.3, 0.4) is 0 Å². The summed E-state index contributed by atoms with van der Waals surface area (Å²) in [6.45, 7) is 2.68. The first kappa shape index (κ1) is 21.3. The zero-order valence-corrected chi connectivity index (χ0v) is 17.9. The smallest absolute Gasteiger partial charge is 0.248 e. The normalized spacial score (nSPS) is 21.6. The van der Waals surface area contributed by atoms with Crippen molar-refractivity contribution in [2.24, 2.45) is 11.7 Å². The summed E-state index contributed by atoms with van der Waals surface area (Å²) in [4.78, 5) is 26.1. The van der Waals surface area contributed by atoms with Gasteiger partial charge in [-0.15, -0.1) is 0 Å².